The monoisotopic (exact) mass is 442 g/mol. The summed E-state index contributed by atoms with van der Waals surface area (Å²) in [7, 11) is -3.87. The summed E-state index contributed by atoms with van der Waals surface area (Å²) in [4.78, 5) is 12.8. The van der Waals surface area contributed by atoms with Crippen LogP contribution in [0, 0.1) is 27.7 Å². The molecule has 2 N–H and O–H groups in total. The number of carbonyl (C=O) groups is 1. The molecule has 0 atom stereocenters. The van der Waals surface area contributed by atoms with Crippen molar-refractivity contribution in [1.82, 2.24) is 0 Å². The Labute approximate surface area is 182 Å². The minimum Gasteiger partial charge on any atom is -0.322 e. The maximum absolute atomic E-state index is 13.1. The lowest BCUT2D eigenvalue weighted by Gasteiger charge is -2.15. The van der Waals surface area contributed by atoms with Crippen LogP contribution in [-0.4, -0.2) is 14.3 Å². The summed E-state index contributed by atoms with van der Waals surface area (Å²) >= 11 is 5.96. The molecule has 7 heteroatoms. The van der Waals surface area contributed by atoms with Crippen LogP contribution >= 0.6 is 11.6 Å². The summed E-state index contributed by atoms with van der Waals surface area (Å²) in [5.74, 6) is -0.399. The van der Waals surface area contributed by atoms with Crippen molar-refractivity contribution in [3.05, 3.63) is 87.4 Å². The summed E-state index contributed by atoms with van der Waals surface area (Å²) in [6.07, 6.45) is 0. The number of hydrogen-bond donors (Lipinski definition) is 2. The Balaban J connectivity index is 1.92. The number of sulfonamides is 1. The zero-order chi connectivity index (χ0) is 22.1. The molecule has 1 amide bonds. The van der Waals surface area contributed by atoms with Gasteiger partial charge in [-0.05, 0) is 86.3 Å². The smallest absolute Gasteiger partial charge is 0.262 e. The van der Waals surface area contributed by atoms with E-state index in [0.29, 0.717) is 22.0 Å². The van der Waals surface area contributed by atoms with Crippen molar-refractivity contribution in [2.75, 3.05) is 10.0 Å². The number of anilines is 2. The Morgan fingerprint density at radius 3 is 2.27 bits per heavy atom. The first-order valence-electron chi connectivity index (χ1n) is 9.35. The van der Waals surface area contributed by atoms with Crippen molar-refractivity contribution in [1.29, 1.82) is 0 Å². The van der Waals surface area contributed by atoms with Crippen molar-refractivity contribution in [3.8, 4) is 0 Å². The Morgan fingerprint density at radius 1 is 0.833 bits per heavy atom. The zero-order valence-electron chi connectivity index (χ0n) is 17.2. The molecule has 0 fully saturated rings. The predicted molar refractivity (Wildman–Crippen MR) is 122 cm³/mol. The third-order valence-electron chi connectivity index (χ3n) is 5.03. The average Bonchev–Trinajstić information content (AvgIpc) is 2.67. The topological polar surface area (TPSA) is 75.3 Å². The van der Waals surface area contributed by atoms with Crippen molar-refractivity contribution in [2.45, 2.75) is 32.6 Å². The van der Waals surface area contributed by atoms with E-state index in [-0.39, 0.29) is 10.5 Å². The van der Waals surface area contributed by atoms with Crippen LogP contribution in [0.5, 0.6) is 0 Å². The molecule has 3 rings (SSSR count). The Hall–Kier alpha value is -2.83. The first kappa shape index (κ1) is 21.9. The Morgan fingerprint density at radius 2 is 1.57 bits per heavy atom. The second-order valence-corrected chi connectivity index (χ2v) is 9.33. The van der Waals surface area contributed by atoms with Crippen LogP contribution < -0.4 is 10.0 Å². The van der Waals surface area contributed by atoms with Crippen molar-refractivity contribution in [2.24, 2.45) is 0 Å². The van der Waals surface area contributed by atoms with Gasteiger partial charge in [-0.15, -0.1) is 0 Å². The van der Waals surface area contributed by atoms with Gasteiger partial charge in [-0.2, -0.15) is 0 Å². The van der Waals surface area contributed by atoms with Crippen LogP contribution in [0.4, 0.5) is 11.4 Å². The van der Waals surface area contributed by atoms with Gasteiger partial charge in [-0.1, -0.05) is 29.8 Å². The normalized spacial score (nSPS) is 11.2. The molecule has 0 aliphatic rings. The number of rotatable bonds is 5. The lowest BCUT2D eigenvalue weighted by Crippen LogP contribution is -2.18. The molecule has 3 aromatic carbocycles. The summed E-state index contributed by atoms with van der Waals surface area (Å²) in [5.41, 5.74) is 4.57. The zero-order valence-corrected chi connectivity index (χ0v) is 18.8. The lowest BCUT2D eigenvalue weighted by atomic mass is 10.1. The molecule has 0 aliphatic carbocycles. The van der Waals surface area contributed by atoms with Gasteiger partial charge in [0.1, 0.15) is 0 Å². The second-order valence-electron chi connectivity index (χ2n) is 7.25. The van der Waals surface area contributed by atoms with E-state index in [1.54, 1.807) is 49.4 Å². The van der Waals surface area contributed by atoms with E-state index in [9.17, 15) is 13.2 Å². The van der Waals surface area contributed by atoms with Gasteiger partial charge in [0.05, 0.1) is 10.6 Å². The molecule has 5 nitrogen and oxygen atoms in total. The van der Waals surface area contributed by atoms with E-state index >= 15 is 0 Å². The van der Waals surface area contributed by atoms with E-state index in [0.717, 1.165) is 16.7 Å². The highest BCUT2D eigenvalue weighted by molar-refractivity contribution is 7.92. The Bertz CT molecular complexity index is 1240. The van der Waals surface area contributed by atoms with Gasteiger partial charge < -0.3 is 5.32 Å². The standard InChI is InChI=1S/C23H23ClN2O3S/c1-14-6-5-7-21(17(14)4)26-30(28,29)22-13-18(9-8-15(22)2)23(27)25-20-11-10-19(24)12-16(20)3/h5-13,26H,1-4H3,(H,25,27). The van der Waals surface area contributed by atoms with Crippen molar-refractivity contribution < 1.29 is 13.2 Å². The minimum absolute atomic E-state index is 0.0592. The van der Waals surface area contributed by atoms with Crippen LogP contribution in [0.3, 0.4) is 0 Å². The highest BCUT2D eigenvalue weighted by Gasteiger charge is 2.20. The van der Waals surface area contributed by atoms with Crippen LogP contribution in [0.15, 0.2) is 59.5 Å². The van der Waals surface area contributed by atoms with Crippen molar-refractivity contribution >= 4 is 38.9 Å². The second kappa shape index (κ2) is 8.50. The maximum Gasteiger partial charge on any atom is 0.262 e. The maximum atomic E-state index is 13.1. The summed E-state index contributed by atoms with van der Waals surface area (Å²) in [6.45, 7) is 7.31. The average molecular weight is 443 g/mol. The fourth-order valence-electron chi connectivity index (χ4n) is 3.05. The molecule has 0 bridgehead atoms. The van der Waals surface area contributed by atoms with E-state index < -0.39 is 15.9 Å². The van der Waals surface area contributed by atoms with E-state index in [1.807, 2.05) is 26.8 Å². The first-order valence-corrected chi connectivity index (χ1v) is 11.2. The molecule has 0 spiro atoms. The molecular formula is C23H23ClN2O3S. The highest BCUT2D eigenvalue weighted by Crippen LogP contribution is 2.25. The lowest BCUT2D eigenvalue weighted by molar-refractivity contribution is 0.102. The van der Waals surface area contributed by atoms with Gasteiger partial charge >= 0.3 is 0 Å². The third-order valence-corrected chi connectivity index (χ3v) is 6.77. The fourth-order valence-corrected chi connectivity index (χ4v) is 4.68. The largest absolute Gasteiger partial charge is 0.322 e. The molecule has 0 aromatic heterocycles. The first-order chi connectivity index (χ1) is 14.1. The molecule has 0 aliphatic heterocycles. The number of benzene rings is 3. The Kier molecular flexibility index (Phi) is 6.19. The molecule has 0 heterocycles. The fraction of sp³-hybridized carbons (Fsp3) is 0.174. The number of nitrogens with one attached hydrogen (secondary N) is 2. The quantitative estimate of drug-likeness (QED) is 0.537. The van der Waals surface area contributed by atoms with Crippen molar-refractivity contribution in [3.63, 3.8) is 0 Å². The molecule has 3 aromatic rings. The van der Waals surface area contributed by atoms with E-state index in [4.69, 9.17) is 11.6 Å². The van der Waals surface area contributed by atoms with Gasteiger partial charge in [0, 0.05) is 16.3 Å². The SMILES string of the molecule is Cc1cc(Cl)ccc1NC(=O)c1ccc(C)c(S(=O)(=O)Nc2cccc(C)c2C)c1. The van der Waals surface area contributed by atoms with Crippen LogP contribution in [0.2, 0.25) is 5.02 Å². The highest BCUT2D eigenvalue weighted by atomic mass is 35.5. The molecule has 0 radical (unpaired) electrons. The van der Waals surface area contributed by atoms with Gasteiger partial charge in [-0.3, -0.25) is 9.52 Å². The van der Waals surface area contributed by atoms with Crippen LogP contribution in [-0.2, 0) is 10.0 Å². The molecule has 156 valence electrons. The van der Waals surface area contributed by atoms with Gasteiger partial charge in [0.25, 0.3) is 15.9 Å². The molecule has 30 heavy (non-hydrogen) atoms. The van der Waals surface area contributed by atoms with E-state index in [2.05, 4.69) is 10.0 Å². The van der Waals surface area contributed by atoms with Gasteiger partial charge in [-0.25, -0.2) is 8.42 Å². The summed E-state index contributed by atoms with van der Waals surface area (Å²) in [6, 6.07) is 15.2. The number of aryl methyl sites for hydroxylation is 3. The number of amides is 1. The molecule has 0 saturated heterocycles. The minimum atomic E-state index is -3.87. The van der Waals surface area contributed by atoms with Gasteiger partial charge in [0.2, 0.25) is 0 Å². The number of halogens is 1. The number of carbonyl (C=O) groups excluding carboxylic acids is 1. The molecule has 0 unspecified atom stereocenters. The molecular weight excluding hydrogens is 420 g/mol. The van der Waals surface area contributed by atoms with Gasteiger partial charge in [0.15, 0.2) is 0 Å². The summed E-state index contributed by atoms with van der Waals surface area (Å²) < 4.78 is 28.7. The third kappa shape index (κ3) is 4.66. The van der Waals surface area contributed by atoms with Crippen LogP contribution in [0.1, 0.15) is 32.6 Å². The number of hydrogen-bond acceptors (Lipinski definition) is 3. The summed E-state index contributed by atoms with van der Waals surface area (Å²) in [5, 5.41) is 3.38. The van der Waals surface area contributed by atoms with Crippen LogP contribution in [0.25, 0.3) is 0 Å². The molecule has 0 saturated carbocycles. The van der Waals surface area contributed by atoms with E-state index in [1.165, 1.54) is 6.07 Å². The predicted octanol–water partition coefficient (Wildman–Crippen LogP) is 5.63.